The number of aromatic nitrogens is 1. The first-order valence-corrected chi connectivity index (χ1v) is 5.85. The molecule has 0 unspecified atom stereocenters. The summed E-state index contributed by atoms with van der Waals surface area (Å²) in [7, 11) is 3.08. The van der Waals surface area contributed by atoms with Gasteiger partial charge in [0.2, 0.25) is 5.78 Å². The monoisotopic (exact) mass is 249 g/mol. The lowest BCUT2D eigenvalue weighted by Gasteiger charge is -2.08. The third-order valence-corrected chi connectivity index (χ3v) is 2.90. The highest BCUT2D eigenvalue weighted by Gasteiger charge is 2.16. The first-order chi connectivity index (χ1) is 8.26. The maximum absolute atomic E-state index is 12.2. The number of carbonyl (C=O) groups is 1. The second kappa shape index (κ2) is 4.97. The number of carbonyl (C=O) groups excluding carboxylic acids is 1. The minimum atomic E-state index is -0.165. The molecule has 4 nitrogen and oxygen atoms in total. The Balaban J connectivity index is 2.45. The molecular formula is C12H11NO3S. The fourth-order valence-corrected chi connectivity index (χ4v) is 1.99. The molecule has 88 valence electrons. The Kier molecular flexibility index (Phi) is 3.39. The molecule has 0 aliphatic carbocycles. The first kappa shape index (κ1) is 11.6. The lowest BCUT2D eigenvalue weighted by Crippen LogP contribution is -2.04. The van der Waals surface area contributed by atoms with Crippen LogP contribution in [-0.4, -0.2) is 25.0 Å². The predicted molar refractivity (Wildman–Crippen MR) is 65.1 cm³/mol. The molecule has 0 atom stereocenters. The number of methoxy groups -OCH3 is 2. The fourth-order valence-electron chi connectivity index (χ4n) is 1.45. The van der Waals surface area contributed by atoms with Crippen LogP contribution in [-0.2, 0) is 0 Å². The zero-order valence-electron chi connectivity index (χ0n) is 9.47. The molecule has 0 saturated heterocycles. The van der Waals surface area contributed by atoms with Crippen LogP contribution in [0.25, 0.3) is 0 Å². The Labute approximate surface area is 103 Å². The van der Waals surface area contributed by atoms with Gasteiger partial charge in [0, 0.05) is 5.38 Å². The van der Waals surface area contributed by atoms with Gasteiger partial charge in [0.15, 0.2) is 0 Å². The van der Waals surface area contributed by atoms with Gasteiger partial charge in [-0.15, -0.1) is 11.3 Å². The van der Waals surface area contributed by atoms with E-state index in [0.717, 1.165) is 0 Å². The van der Waals surface area contributed by atoms with Gasteiger partial charge in [-0.2, -0.15) is 0 Å². The average molecular weight is 249 g/mol. The molecular weight excluding hydrogens is 238 g/mol. The van der Waals surface area contributed by atoms with Gasteiger partial charge >= 0.3 is 0 Å². The summed E-state index contributed by atoms with van der Waals surface area (Å²) in [6.45, 7) is 0. The van der Waals surface area contributed by atoms with Crippen molar-refractivity contribution in [3.8, 4) is 11.5 Å². The topological polar surface area (TPSA) is 48.4 Å². The lowest BCUT2D eigenvalue weighted by atomic mass is 10.1. The zero-order valence-corrected chi connectivity index (χ0v) is 10.3. The van der Waals surface area contributed by atoms with E-state index in [-0.39, 0.29) is 5.78 Å². The molecule has 1 heterocycles. The van der Waals surface area contributed by atoms with E-state index in [1.54, 1.807) is 36.2 Å². The van der Waals surface area contributed by atoms with E-state index >= 15 is 0 Å². The van der Waals surface area contributed by atoms with E-state index in [9.17, 15) is 4.79 Å². The Morgan fingerprint density at radius 1 is 1.29 bits per heavy atom. The highest BCUT2D eigenvalue weighted by molar-refractivity contribution is 7.07. The van der Waals surface area contributed by atoms with Crippen molar-refractivity contribution in [1.82, 2.24) is 4.98 Å². The number of hydrogen-bond donors (Lipinski definition) is 0. The van der Waals surface area contributed by atoms with Crippen molar-refractivity contribution >= 4 is 17.1 Å². The summed E-state index contributed by atoms with van der Waals surface area (Å²) >= 11 is 1.38. The maximum atomic E-state index is 12.2. The summed E-state index contributed by atoms with van der Waals surface area (Å²) < 4.78 is 10.3. The number of nitrogens with zero attached hydrogens (tertiary/aromatic N) is 1. The van der Waals surface area contributed by atoms with Crippen molar-refractivity contribution in [2.75, 3.05) is 14.2 Å². The SMILES string of the molecule is COc1ccc(OC)c(C(=O)c2cscn2)c1. The Bertz CT molecular complexity index is 523. The molecule has 1 aromatic heterocycles. The number of rotatable bonds is 4. The molecule has 0 amide bonds. The van der Waals surface area contributed by atoms with Gasteiger partial charge in [0.25, 0.3) is 0 Å². The van der Waals surface area contributed by atoms with E-state index in [1.807, 2.05) is 0 Å². The van der Waals surface area contributed by atoms with Gasteiger partial charge in [-0.3, -0.25) is 4.79 Å². The number of thiazole rings is 1. The molecule has 0 spiro atoms. The summed E-state index contributed by atoms with van der Waals surface area (Å²) in [6.07, 6.45) is 0. The number of benzene rings is 1. The highest BCUT2D eigenvalue weighted by atomic mass is 32.1. The van der Waals surface area contributed by atoms with Crippen LogP contribution in [0.1, 0.15) is 16.1 Å². The van der Waals surface area contributed by atoms with Crippen LogP contribution in [0, 0.1) is 0 Å². The van der Waals surface area contributed by atoms with E-state index in [2.05, 4.69) is 4.98 Å². The van der Waals surface area contributed by atoms with Crippen LogP contribution < -0.4 is 9.47 Å². The molecule has 2 rings (SSSR count). The molecule has 0 aliphatic rings. The fraction of sp³-hybridized carbons (Fsp3) is 0.167. The van der Waals surface area contributed by atoms with Crippen LogP contribution in [0.3, 0.4) is 0 Å². The summed E-state index contributed by atoms with van der Waals surface area (Å²) in [6, 6.07) is 5.11. The highest BCUT2D eigenvalue weighted by Crippen LogP contribution is 2.26. The van der Waals surface area contributed by atoms with Crippen molar-refractivity contribution in [1.29, 1.82) is 0 Å². The van der Waals surface area contributed by atoms with Crippen molar-refractivity contribution in [2.24, 2.45) is 0 Å². The minimum Gasteiger partial charge on any atom is -0.497 e. The molecule has 0 bridgehead atoms. The number of ketones is 1. The van der Waals surface area contributed by atoms with Crippen LogP contribution in [0.5, 0.6) is 11.5 Å². The second-order valence-corrected chi connectivity index (χ2v) is 3.99. The molecule has 0 radical (unpaired) electrons. The third-order valence-electron chi connectivity index (χ3n) is 2.32. The van der Waals surface area contributed by atoms with Gasteiger partial charge < -0.3 is 9.47 Å². The number of ether oxygens (including phenoxy) is 2. The van der Waals surface area contributed by atoms with Crippen molar-refractivity contribution < 1.29 is 14.3 Å². The lowest BCUT2D eigenvalue weighted by molar-refractivity contribution is 0.103. The summed E-state index contributed by atoms with van der Waals surface area (Å²) in [5, 5.41) is 1.71. The van der Waals surface area contributed by atoms with E-state index in [1.165, 1.54) is 18.4 Å². The largest absolute Gasteiger partial charge is 0.497 e. The minimum absolute atomic E-state index is 0.165. The van der Waals surface area contributed by atoms with Crippen LogP contribution in [0.2, 0.25) is 0 Å². The van der Waals surface area contributed by atoms with Crippen molar-refractivity contribution in [2.45, 2.75) is 0 Å². The predicted octanol–water partition coefficient (Wildman–Crippen LogP) is 2.39. The quantitative estimate of drug-likeness (QED) is 0.781. The van der Waals surface area contributed by atoms with Gasteiger partial charge in [-0.05, 0) is 18.2 Å². The van der Waals surface area contributed by atoms with Gasteiger partial charge in [0.05, 0.1) is 25.3 Å². The van der Waals surface area contributed by atoms with E-state index in [0.29, 0.717) is 22.8 Å². The molecule has 17 heavy (non-hydrogen) atoms. The van der Waals surface area contributed by atoms with E-state index < -0.39 is 0 Å². The van der Waals surface area contributed by atoms with Gasteiger partial charge in [-0.1, -0.05) is 0 Å². The smallest absolute Gasteiger partial charge is 0.216 e. The molecule has 0 N–H and O–H groups in total. The van der Waals surface area contributed by atoms with Crippen molar-refractivity contribution in [3.05, 3.63) is 40.3 Å². The normalized spacial score (nSPS) is 10.0. The molecule has 2 aromatic rings. The molecule has 5 heteroatoms. The maximum Gasteiger partial charge on any atom is 0.216 e. The molecule has 0 saturated carbocycles. The number of hydrogen-bond acceptors (Lipinski definition) is 5. The molecule has 0 aliphatic heterocycles. The van der Waals surface area contributed by atoms with Crippen LogP contribution >= 0.6 is 11.3 Å². The van der Waals surface area contributed by atoms with Crippen molar-refractivity contribution in [3.63, 3.8) is 0 Å². The van der Waals surface area contributed by atoms with Crippen LogP contribution in [0.4, 0.5) is 0 Å². The van der Waals surface area contributed by atoms with Crippen LogP contribution in [0.15, 0.2) is 29.1 Å². The first-order valence-electron chi connectivity index (χ1n) is 4.91. The second-order valence-electron chi connectivity index (χ2n) is 3.27. The standard InChI is InChI=1S/C12H11NO3S/c1-15-8-3-4-11(16-2)9(5-8)12(14)10-6-17-7-13-10/h3-7H,1-2H3. The van der Waals surface area contributed by atoms with Gasteiger partial charge in [0.1, 0.15) is 17.2 Å². The van der Waals surface area contributed by atoms with Gasteiger partial charge in [-0.25, -0.2) is 4.98 Å². The average Bonchev–Trinajstić information content (AvgIpc) is 2.91. The molecule has 1 aromatic carbocycles. The Morgan fingerprint density at radius 2 is 2.12 bits per heavy atom. The van der Waals surface area contributed by atoms with E-state index in [4.69, 9.17) is 9.47 Å². The summed E-state index contributed by atoms with van der Waals surface area (Å²) in [4.78, 5) is 16.2. The molecule has 0 fully saturated rings. The Hall–Kier alpha value is -1.88. The summed E-state index contributed by atoms with van der Waals surface area (Å²) in [5.74, 6) is 0.968. The Morgan fingerprint density at radius 3 is 2.71 bits per heavy atom. The zero-order chi connectivity index (χ0) is 12.3. The third kappa shape index (κ3) is 2.29. The summed E-state index contributed by atoms with van der Waals surface area (Å²) in [5.41, 5.74) is 2.50.